The predicted octanol–water partition coefficient (Wildman–Crippen LogP) is 12.1. The molecule has 0 bridgehead atoms. The van der Waals surface area contributed by atoms with Crippen molar-refractivity contribution in [3.05, 3.63) is 190 Å². The van der Waals surface area contributed by atoms with Crippen molar-refractivity contribution >= 4 is 41.1 Å². The van der Waals surface area contributed by atoms with E-state index in [0.29, 0.717) is 133 Å². The van der Waals surface area contributed by atoms with E-state index in [2.05, 4.69) is 27.2 Å². The number of halogens is 7. The minimum Gasteiger partial charge on any atom is -0.465 e. The highest BCUT2D eigenvalue weighted by Crippen LogP contribution is 2.49. The highest BCUT2D eigenvalue weighted by molar-refractivity contribution is 5.96. The fourth-order valence-electron chi connectivity index (χ4n) is 13.8. The zero-order valence-electron chi connectivity index (χ0n) is 53.6. The number of hydrogen-bond acceptors (Lipinski definition) is 10. The van der Waals surface area contributed by atoms with Crippen molar-refractivity contribution in [3.63, 3.8) is 0 Å². The Labute approximate surface area is 549 Å². The van der Waals surface area contributed by atoms with Crippen LogP contribution in [0.5, 0.6) is 0 Å². The van der Waals surface area contributed by atoms with Gasteiger partial charge in [-0.1, -0.05) is 84.9 Å². The van der Waals surface area contributed by atoms with Crippen molar-refractivity contribution in [2.45, 2.75) is 93.3 Å². The smallest absolute Gasteiger partial charge is 0.416 e. The normalized spacial score (nSPS) is 18.3. The van der Waals surface area contributed by atoms with Crippen molar-refractivity contribution in [1.29, 1.82) is 0 Å². The third-order valence-electron chi connectivity index (χ3n) is 19.3. The number of rotatable bonds is 24. The van der Waals surface area contributed by atoms with Gasteiger partial charge in [-0.15, -0.1) is 0 Å². The average molecular weight is 1320 g/mol. The fraction of sp³-hybridized carbons (Fsp3) is 0.431. The first-order chi connectivity index (χ1) is 45.4. The number of carbonyl (C=O) groups is 5. The van der Waals surface area contributed by atoms with Crippen LogP contribution in [0.2, 0.25) is 0 Å². The molecular weight excluding hydrogens is 1240 g/mol. The maximum Gasteiger partial charge on any atom is 0.416 e. The number of fused-ring (bicyclic) bond motifs is 2. The van der Waals surface area contributed by atoms with Crippen molar-refractivity contribution < 1.29 is 69.3 Å². The second-order valence-corrected chi connectivity index (χ2v) is 25.4. The summed E-state index contributed by atoms with van der Waals surface area (Å²) < 4.78 is 110. The Morgan fingerprint density at radius 2 is 1.29 bits per heavy atom. The molecule has 1 aliphatic carbocycles. The molecule has 0 saturated carbocycles. The number of likely N-dealkylation sites (tertiary alicyclic amines) is 2. The summed E-state index contributed by atoms with van der Waals surface area (Å²) in [5.74, 6) is -1.94. The highest BCUT2D eigenvalue weighted by Gasteiger charge is 2.50. The Bertz CT molecular complexity index is 3610. The highest BCUT2D eigenvalue weighted by atomic mass is 19.4. The molecule has 3 saturated heterocycles. The number of alkyl halides is 6. The number of carboxylic acid groups (broad SMARTS) is 1. The summed E-state index contributed by atoms with van der Waals surface area (Å²) >= 11 is 0. The van der Waals surface area contributed by atoms with Crippen molar-refractivity contribution in [2.75, 3.05) is 117 Å². The zero-order chi connectivity index (χ0) is 67.7. The van der Waals surface area contributed by atoms with E-state index < -0.39 is 64.6 Å². The Morgan fingerprint density at radius 3 is 1.97 bits per heavy atom. The summed E-state index contributed by atoms with van der Waals surface area (Å²) in [6, 6.07) is 38.8. The first kappa shape index (κ1) is 69.4. The molecule has 16 nitrogen and oxygen atoms in total. The van der Waals surface area contributed by atoms with Gasteiger partial charge in [0, 0.05) is 114 Å². The molecule has 3 aliphatic heterocycles. The lowest BCUT2D eigenvalue weighted by Crippen LogP contribution is -2.50. The van der Waals surface area contributed by atoms with Gasteiger partial charge in [-0.2, -0.15) is 26.3 Å². The first-order valence-corrected chi connectivity index (χ1v) is 32.3. The Balaban J connectivity index is 0.633. The number of piperidine rings is 2. The number of anilines is 2. The number of ether oxygens (including phenoxy) is 2. The molecule has 506 valence electrons. The quantitative estimate of drug-likeness (QED) is 0.0439. The maximum absolute atomic E-state index is 14.2. The molecule has 4 aliphatic rings. The van der Waals surface area contributed by atoms with Crippen LogP contribution in [-0.2, 0) is 48.9 Å². The van der Waals surface area contributed by atoms with E-state index >= 15 is 0 Å². The van der Waals surface area contributed by atoms with Gasteiger partial charge in [-0.05, 0) is 147 Å². The van der Waals surface area contributed by atoms with Crippen molar-refractivity contribution in [1.82, 2.24) is 29.4 Å². The number of carbonyl (C=O) groups excluding carboxylic acids is 4. The monoisotopic (exact) mass is 1320 g/mol. The first-order valence-electron chi connectivity index (χ1n) is 32.3. The lowest BCUT2D eigenvalue weighted by molar-refractivity contribution is -0.143. The summed E-state index contributed by atoms with van der Waals surface area (Å²) in [4.78, 5) is 78.7. The summed E-state index contributed by atoms with van der Waals surface area (Å²) in [5.41, 5.74) is 0.928. The summed E-state index contributed by atoms with van der Waals surface area (Å²) in [6.45, 7) is 4.86. The molecule has 5 amide bonds. The molecule has 10 rings (SSSR count). The molecule has 3 heterocycles. The Kier molecular flexibility index (Phi) is 22.0. The van der Waals surface area contributed by atoms with Crippen molar-refractivity contribution in [3.8, 4) is 11.1 Å². The van der Waals surface area contributed by atoms with Gasteiger partial charge in [0.05, 0.1) is 29.5 Å². The SMILES string of the molecule is CN(CCN1CCC(N(C(=O)O)c2ccccc2-c2ccccc2)CC1)C(=O)CCCNc1ccc(C(=O)N(C)CCCN(C)C(=O)CO[C@H]2Cc3ccccc3C23CCN(CC[C@@]2(c4ccc(F)cc4)CN(C(=O)c4cc(C(F)(F)F)cc(C(F)(F)F)c4)CO2)CC3)cc1. The van der Waals surface area contributed by atoms with Gasteiger partial charge in [-0.3, -0.25) is 24.1 Å². The molecular formula is C72H81F7N8O8. The third kappa shape index (κ3) is 16.7. The van der Waals surface area contributed by atoms with Gasteiger partial charge in [0.25, 0.3) is 11.8 Å². The Morgan fingerprint density at radius 1 is 0.674 bits per heavy atom. The van der Waals surface area contributed by atoms with Crippen molar-refractivity contribution in [2.24, 2.45) is 0 Å². The molecule has 3 fully saturated rings. The van der Waals surface area contributed by atoms with Crippen LogP contribution >= 0.6 is 0 Å². The van der Waals surface area contributed by atoms with Gasteiger partial charge in [-0.25, -0.2) is 9.18 Å². The third-order valence-corrected chi connectivity index (χ3v) is 19.3. The lowest BCUT2D eigenvalue weighted by Gasteiger charge is -2.44. The predicted molar refractivity (Wildman–Crippen MR) is 346 cm³/mol. The minimum absolute atomic E-state index is 0.0308. The van der Waals surface area contributed by atoms with E-state index in [4.69, 9.17) is 9.47 Å². The molecule has 0 unspecified atom stereocenters. The van der Waals surface area contributed by atoms with E-state index in [9.17, 15) is 59.8 Å². The largest absolute Gasteiger partial charge is 0.465 e. The molecule has 6 aromatic carbocycles. The Hall–Kier alpha value is -8.38. The molecule has 6 aromatic rings. The van der Waals surface area contributed by atoms with Crippen LogP contribution in [0.4, 0.5) is 46.9 Å². The van der Waals surface area contributed by atoms with Crippen LogP contribution in [-0.4, -0.2) is 183 Å². The van der Waals surface area contributed by atoms with Gasteiger partial charge >= 0.3 is 18.4 Å². The van der Waals surface area contributed by atoms with E-state index in [1.54, 1.807) is 40.9 Å². The molecule has 1 spiro atoms. The van der Waals surface area contributed by atoms with Crippen LogP contribution in [0, 0.1) is 5.82 Å². The standard InChI is InChI=1S/C72H81F7N8O8/c1-81(34-12-35-83(3)66(90)51-20-26-58(27-21-51)80-33-11-19-64(88)82(2)41-42-84-36-28-59(29-37-84)87(68(92)93)62-18-10-8-16-60(62)50-13-5-4-6-14-50)65(89)47-94-63-45-52-15-7-9-17-61(52)69(63)30-38-85(39-31-69)40-32-70(54-22-24-57(73)25-23-54)48-86(49-95-70)67(91)53-43-55(71(74,75)76)46-56(44-53)72(77,78)79/h4-10,13-18,20-27,43-44,46,59,63,80H,11-12,19,28-42,45,47-49H2,1-3H3,(H,92,93)/t63-,70-/m0/s1. The van der Waals surface area contributed by atoms with Crippen LogP contribution < -0.4 is 10.2 Å². The van der Waals surface area contributed by atoms with E-state index in [-0.39, 0.29) is 55.5 Å². The number of nitrogens with one attached hydrogen (secondary N) is 1. The van der Waals surface area contributed by atoms with E-state index in [1.165, 1.54) is 29.2 Å². The molecule has 23 heteroatoms. The topological polar surface area (TPSA) is 159 Å². The summed E-state index contributed by atoms with van der Waals surface area (Å²) in [6.07, 6.45) is -6.53. The lowest BCUT2D eigenvalue weighted by atomic mass is 9.72. The molecule has 2 atom stereocenters. The molecule has 0 radical (unpaired) electrons. The number of likely N-dealkylation sites (N-methyl/N-ethyl adjacent to an activating group) is 2. The zero-order valence-corrected chi connectivity index (χ0v) is 53.6. The van der Waals surface area contributed by atoms with Gasteiger partial charge in [0.15, 0.2) is 0 Å². The van der Waals surface area contributed by atoms with Crippen LogP contribution in [0.15, 0.2) is 146 Å². The van der Waals surface area contributed by atoms with Crippen LogP contribution in [0.25, 0.3) is 11.1 Å². The van der Waals surface area contributed by atoms with E-state index in [0.717, 1.165) is 45.9 Å². The van der Waals surface area contributed by atoms with E-state index in [1.807, 2.05) is 85.9 Å². The number of benzene rings is 6. The van der Waals surface area contributed by atoms with Crippen LogP contribution in [0.1, 0.15) is 99.9 Å². The second-order valence-electron chi connectivity index (χ2n) is 25.4. The number of para-hydroxylation sites is 1. The average Bonchev–Trinajstić information content (AvgIpc) is 1.62. The van der Waals surface area contributed by atoms with Gasteiger partial charge < -0.3 is 49.3 Å². The molecule has 95 heavy (non-hydrogen) atoms. The fourth-order valence-corrected chi connectivity index (χ4v) is 13.8. The van der Waals surface area contributed by atoms with Crippen LogP contribution in [0.3, 0.4) is 0 Å². The summed E-state index contributed by atoms with van der Waals surface area (Å²) in [7, 11) is 5.24. The number of hydrogen-bond donors (Lipinski definition) is 2. The minimum atomic E-state index is -5.15. The molecule has 0 aromatic heterocycles. The van der Waals surface area contributed by atoms with Gasteiger partial charge in [0.1, 0.15) is 24.8 Å². The number of nitrogens with zero attached hydrogens (tertiary/aromatic N) is 7. The number of amides is 5. The van der Waals surface area contributed by atoms with Gasteiger partial charge in [0.2, 0.25) is 11.8 Å². The maximum atomic E-state index is 14.2. The summed E-state index contributed by atoms with van der Waals surface area (Å²) in [5, 5.41) is 13.7. The second kappa shape index (κ2) is 30.1. The molecule has 2 N–H and O–H groups in total.